The molecule has 0 bridgehead atoms. The Morgan fingerprint density at radius 1 is 1.00 bits per heavy atom. The van der Waals surface area contributed by atoms with Gasteiger partial charge in [0.2, 0.25) is 0 Å². The van der Waals surface area contributed by atoms with Gasteiger partial charge < -0.3 is 24.4 Å². The van der Waals surface area contributed by atoms with E-state index in [4.69, 9.17) is 14.2 Å². The minimum Gasteiger partial charge on any atom is -0.507 e. The summed E-state index contributed by atoms with van der Waals surface area (Å²) in [6.45, 7) is 3.86. The van der Waals surface area contributed by atoms with Gasteiger partial charge in [0, 0.05) is 5.56 Å². The Labute approximate surface area is 170 Å². The third-order valence-electron chi connectivity index (χ3n) is 4.44. The fourth-order valence-corrected chi connectivity index (χ4v) is 2.96. The van der Waals surface area contributed by atoms with E-state index in [1.54, 1.807) is 50.6 Å². The summed E-state index contributed by atoms with van der Waals surface area (Å²) in [5.41, 5.74) is 2.25. The van der Waals surface area contributed by atoms with Crippen molar-refractivity contribution >= 4 is 18.1 Å². The van der Waals surface area contributed by atoms with Gasteiger partial charge in [0.05, 0.1) is 26.9 Å². The summed E-state index contributed by atoms with van der Waals surface area (Å²) in [6, 6.07) is 6.96. The van der Waals surface area contributed by atoms with Crippen molar-refractivity contribution in [2.75, 3.05) is 21.3 Å². The summed E-state index contributed by atoms with van der Waals surface area (Å²) in [5, 5.41) is 20.4. The number of aromatic carboxylic acids is 1. The third-order valence-corrected chi connectivity index (χ3v) is 4.44. The van der Waals surface area contributed by atoms with Gasteiger partial charge >= 0.3 is 5.97 Å². The van der Waals surface area contributed by atoms with E-state index in [-0.39, 0.29) is 11.3 Å². The van der Waals surface area contributed by atoms with E-state index < -0.39 is 5.97 Å². The molecule has 0 unspecified atom stereocenters. The Kier molecular flexibility index (Phi) is 7.31. The predicted octanol–water partition coefficient (Wildman–Crippen LogP) is 4.80. The molecular weight excluding hydrogens is 372 g/mol. The molecule has 0 atom stereocenters. The first-order valence-corrected chi connectivity index (χ1v) is 9.02. The number of allylic oxidation sites excluding steroid dienone is 2. The molecule has 6 nitrogen and oxygen atoms in total. The molecule has 0 spiro atoms. The lowest BCUT2D eigenvalue weighted by Crippen LogP contribution is -2.04. The molecule has 0 aliphatic carbocycles. The van der Waals surface area contributed by atoms with Crippen molar-refractivity contribution in [3.05, 3.63) is 58.2 Å². The zero-order chi connectivity index (χ0) is 21.6. The van der Waals surface area contributed by atoms with Crippen LogP contribution in [-0.2, 0) is 6.42 Å². The molecule has 0 aromatic heterocycles. The fourth-order valence-electron chi connectivity index (χ4n) is 2.96. The lowest BCUT2D eigenvalue weighted by Gasteiger charge is -2.15. The SMILES string of the molecule is COc1cccc(OC)c1C=Cc1cc(OC)c(CC=C(C)C)c(O)c1C(=O)O. The van der Waals surface area contributed by atoms with E-state index in [2.05, 4.69) is 0 Å². The van der Waals surface area contributed by atoms with Crippen LogP contribution in [0.5, 0.6) is 23.0 Å². The Morgan fingerprint density at radius 2 is 1.59 bits per heavy atom. The average molecular weight is 398 g/mol. The molecule has 2 aromatic carbocycles. The second kappa shape index (κ2) is 9.68. The van der Waals surface area contributed by atoms with E-state index >= 15 is 0 Å². The zero-order valence-corrected chi connectivity index (χ0v) is 17.3. The largest absolute Gasteiger partial charge is 0.507 e. The number of benzene rings is 2. The van der Waals surface area contributed by atoms with Crippen LogP contribution in [-0.4, -0.2) is 37.5 Å². The van der Waals surface area contributed by atoms with E-state index in [1.807, 2.05) is 19.9 Å². The molecular formula is C23H26O6. The van der Waals surface area contributed by atoms with Gasteiger partial charge in [0.15, 0.2) is 0 Å². The van der Waals surface area contributed by atoms with Crippen LogP contribution in [0.15, 0.2) is 35.9 Å². The molecule has 0 heterocycles. The highest BCUT2D eigenvalue weighted by Crippen LogP contribution is 2.37. The molecule has 6 heteroatoms. The highest BCUT2D eigenvalue weighted by Gasteiger charge is 2.21. The maximum absolute atomic E-state index is 11.9. The molecule has 0 saturated carbocycles. The Morgan fingerprint density at radius 3 is 2.07 bits per heavy atom. The van der Waals surface area contributed by atoms with Crippen LogP contribution in [0.1, 0.15) is 40.9 Å². The standard InChI is InChI=1S/C23H26O6/c1-14(2)9-11-17-20(29-5)13-15(21(22(17)24)23(25)26)10-12-16-18(27-3)7-6-8-19(16)28-4/h6-10,12-13,24H,11H2,1-5H3,(H,25,26). The summed E-state index contributed by atoms with van der Waals surface area (Å²) < 4.78 is 16.1. The topological polar surface area (TPSA) is 85.2 Å². The molecule has 0 radical (unpaired) electrons. The van der Waals surface area contributed by atoms with E-state index in [1.165, 1.54) is 7.11 Å². The molecule has 2 aromatic rings. The van der Waals surface area contributed by atoms with Gasteiger partial charge in [0.25, 0.3) is 0 Å². The lowest BCUT2D eigenvalue weighted by atomic mass is 9.97. The number of aromatic hydroxyl groups is 1. The van der Waals surface area contributed by atoms with Crippen molar-refractivity contribution in [3.8, 4) is 23.0 Å². The van der Waals surface area contributed by atoms with Crippen LogP contribution >= 0.6 is 0 Å². The summed E-state index contributed by atoms with van der Waals surface area (Å²) in [6.07, 6.45) is 5.55. The Balaban J connectivity index is 2.65. The van der Waals surface area contributed by atoms with E-state index in [0.29, 0.717) is 40.4 Å². The Bertz CT molecular complexity index is 930. The first kappa shape index (κ1) is 21.9. The number of carboxylic acid groups (broad SMARTS) is 1. The zero-order valence-electron chi connectivity index (χ0n) is 17.3. The highest BCUT2D eigenvalue weighted by atomic mass is 16.5. The molecule has 29 heavy (non-hydrogen) atoms. The smallest absolute Gasteiger partial charge is 0.340 e. The minimum atomic E-state index is -1.23. The van der Waals surface area contributed by atoms with E-state index in [0.717, 1.165) is 5.57 Å². The number of phenols is 1. The van der Waals surface area contributed by atoms with E-state index in [9.17, 15) is 15.0 Å². The van der Waals surface area contributed by atoms with Crippen LogP contribution in [0.25, 0.3) is 12.2 Å². The quantitative estimate of drug-likeness (QED) is 0.491. The lowest BCUT2D eigenvalue weighted by molar-refractivity contribution is 0.0693. The van der Waals surface area contributed by atoms with Gasteiger partial charge in [-0.1, -0.05) is 23.8 Å². The number of hydrogen-bond donors (Lipinski definition) is 2. The van der Waals surface area contributed by atoms with Crippen LogP contribution in [0, 0.1) is 0 Å². The van der Waals surface area contributed by atoms with Gasteiger partial charge in [-0.2, -0.15) is 0 Å². The first-order valence-electron chi connectivity index (χ1n) is 9.02. The third kappa shape index (κ3) is 4.90. The molecule has 0 aliphatic heterocycles. The number of methoxy groups -OCH3 is 3. The minimum absolute atomic E-state index is 0.187. The predicted molar refractivity (Wildman–Crippen MR) is 113 cm³/mol. The molecule has 0 fully saturated rings. The van der Waals surface area contributed by atoms with Crippen molar-refractivity contribution < 1.29 is 29.2 Å². The van der Waals surface area contributed by atoms with Gasteiger partial charge in [-0.25, -0.2) is 4.79 Å². The number of carbonyl (C=O) groups is 1. The summed E-state index contributed by atoms with van der Waals surface area (Å²) >= 11 is 0. The Hall–Kier alpha value is -3.41. The molecule has 154 valence electrons. The second-order valence-electron chi connectivity index (χ2n) is 6.57. The second-order valence-corrected chi connectivity index (χ2v) is 6.57. The summed E-state index contributed by atoms with van der Waals surface area (Å²) in [7, 11) is 4.57. The fraction of sp³-hybridized carbons (Fsp3) is 0.261. The summed E-state index contributed by atoms with van der Waals surface area (Å²) in [4.78, 5) is 11.9. The van der Waals surface area contributed by atoms with Crippen LogP contribution in [0.4, 0.5) is 0 Å². The van der Waals surface area contributed by atoms with Gasteiger partial charge in [-0.3, -0.25) is 0 Å². The number of ether oxygens (including phenoxy) is 3. The van der Waals surface area contributed by atoms with Crippen molar-refractivity contribution in [1.29, 1.82) is 0 Å². The molecule has 0 aliphatic rings. The monoisotopic (exact) mass is 398 g/mol. The number of carboxylic acids is 1. The van der Waals surface area contributed by atoms with Crippen LogP contribution in [0.2, 0.25) is 0 Å². The molecule has 0 saturated heterocycles. The van der Waals surface area contributed by atoms with Crippen molar-refractivity contribution in [2.24, 2.45) is 0 Å². The number of rotatable bonds is 8. The van der Waals surface area contributed by atoms with Crippen molar-refractivity contribution in [3.63, 3.8) is 0 Å². The molecule has 2 N–H and O–H groups in total. The molecule has 2 rings (SSSR count). The maximum atomic E-state index is 11.9. The van der Waals surface area contributed by atoms with Crippen molar-refractivity contribution in [1.82, 2.24) is 0 Å². The molecule has 0 amide bonds. The van der Waals surface area contributed by atoms with Gasteiger partial charge in [0.1, 0.15) is 28.6 Å². The highest BCUT2D eigenvalue weighted by molar-refractivity contribution is 5.97. The first-order chi connectivity index (χ1) is 13.8. The van der Waals surface area contributed by atoms with Gasteiger partial charge in [-0.05, 0) is 50.1 Å². The van der Waals surface area contributed by atoms with Gasteiger partial charge in [-0.15, -0.1) is 0 Å². The van der Waals surface area contributed by atoms with Crippen LogP contribution in [0.3, 0.4) is 0 Å². The maximum Gasteiger partial charge on any atom is 0.340 e. The summed E-state index contributed by atoms with van der Waals surface area (Å²) in [5.74, 6) is 0.0376. The normalized spacial score (nSPS) is 10.7. The average Bonchev–Trinajstić information content (AvgIpc) is 2.69. The number of hydrogen-bond acceptors (Lipinski definition) is 5. The van der Waals surface area contributed by atoms with Crippen molar-refractivity contribution in [2.45, 2.75) is 20.3 Å². The van der Waals surface area contributed by atoms with Crippen LogP contribution < -0.4 is 14.2 Å².